The standard InChI is InChI=1S/C18H22O5/c1-2-3-11-22-18(20)17(19)16-10-9-15(23-16)13-21-12-14-7-5-4-6-8-14/h4-10,17,19H,2-3,11-13H2,1H3. The van der Waals surface area contributed by atoms with Crippen molar-refractivity contribution in [3.05, 3.63) is 59.5 Å². The van der Waals surface area contributed by atoms with Gasteiger partial charge in [-0.3, -0.25) is 0 Å². The van der Waals surface area contributed by atoms with Crippen molar-refractivity contribution in [3.8, 4) is 0 Å². The lowest BCUT2D eigenvalue weighted by Crippen LogP contribution is -2.15. The molecule has 0 amide bonds. The molecule has 0 aliphatic carbocycles. The first kappa shape index (κ1) is 17.2. The number of hydrogen-bond donors (Lipinski definition) is 1. The average molecular weight is 318 g/mol. The molecular formula is C18H22O5. The van der Waals surface area contributed by atoms with E-state index in [1.807, 2.05) is 37.3 Å². The molecule has 1 aromatic heterocycles. The van der Waals surface area contributed by atoms with Crippen molar-refractivity contribution in [2.24, 2.45) is 0 Å². The lowest BCUT2D eigenvalue weighted by molar-refractivity contribution is -0.155. The summed E-state index contributed by atoms with van der Waals surface area (Å²) >= 11 is 0. The van der Waals surface area contributed by atoms with Crippen molar-refractivity contribution in [1.29, 1.82) is 0 Å². The van der Waals surface area contributed by atoms with Crippen molar-refractivity contribution in [2.45, 2.75) is 39.1 Å². The van der Waals surface area contributed by atoms with E-state index in [9.17, 15) is 9.90 Å². The Morgan fingerprint density at radius 3 is 2.70 bits per heavy atom. The van der Waals surface area contributed by atoms with E-state index in [2.05, 4.69) is 0 Å². The van der Waals surface area contributed by atoms with E-state index in [0.29, 0.717) is 19.0 Å². The number of furan rings is 1. The molecule has 0 aliphatic rings. The summed E-state index contributed by atoms with van der Waals surface area (Å²) in [4.78, 5) is 11.7. The van der Waals surface area contributed by atoms with Crippen LogP contribution in [0.3, 0.4) is 0 Å². The third kappa shape index (κ3) is 5.54. The zero-order chi connectivity index (χ0) is 16.5. The van der Waals surface area contributed by atoms with E-state index in [1.165, 1.54) is 0 Å². The highest BCUT2D eigenvalue weighted by Gasteiger charge is 2.22. The van der Waals surface area contributed by atoms with Gasteiger partial charge < -0.3 is 19.0 Å². The minimum atomic E-state index is -1.39. The number of unbranched alkanes of at least 4 members (excludes halogenated alkanes) is 1. The van der Waals surface area contributed by atoms with Crippen LogP contribution in [0.4, 0.5) is 0 Å². The van der Waals surface area contributed by atoms with Gasteiger partial charge in [0.2, 0.25) is 6.10 Å². The highest BCUT2D eigenvalue weighted by Crippen LogP contribution is 2.19. The Balaban J connectivity index is 1.79. The van der Waals surface area contributed by atoms with Gasteiger partial charge in [0, 0.05) is 0 Å². The summed E-state index contributed by atoms with van der Waals surface area (Å²) < 4.78 is 15.9. The number of aliphatic hydroxyl groups excluding tert-OH is 1. The number of aliphatic hydroxyl groups is 1. The molecule has 1 aromatic carbocycles. The fourth-order valence-corrected chi connectivity index (χ4v) is 1.97. The summed E-state index contributed by atoms with van der Waals surface area (Å²) in [6.07, 6.45) is 0.303. The Hall–Kier alpha value is -2.11. The second kappa shape index (κ2) is 9.12. The Kier molecular flexibility index (Phi) is 6.84. The third-order valence-electron chi connectivity index (χ3n) is 3.27. The zero-order valence-corrected chi connectivity index (χ0v) is 13.2. The number of hydrogen-bond acceptors (Lipinski definition) is 5. The van der Waals surface area contributed by atoms with E-state index in [-0.39, 0.29) is 12.4 Å². The fraction of sp³-hybridized carbons (Fsp3) is 0.389. The van der Waals surface area contributed by atoms with E-state index in [1.54, 1.807) is 12.1 Å². The van der Waals surface area contributed by atoms with Gasteiger partial charge in [-0.2, -0.15) is 0 Å². The summed E-state index contributed by atoms with van der Waals surface area (Å²) in [6, 6.07) is 13.0. The molecule has 5 nitrogen and oxygen atoms in total. The molecule has 0 spiro atoms. The number of esters is 1. The summed E-state index contributed by atoms with van der Waals surface area (Å²) in [7, 11) is 0. The predicted octanol–water partition coefficient (Wildman–Crippen LogP) is 3.37. The number of carbonyl (C=O) groups is 1. The lowest BCUT2D eigenvalue weighted by atomic mass is 10.2. The second-order valence-electron chi connectivity index (χ2n) is 5.21. The molecule has 124 valence electrons. The summed E-state index contributed by atoms with van der Waals surface area (Å²) in [5.41, 5.74) is 1.07. The van der Waals surface area contributed by atoms with Crippen LogP contribution in [0.2, 0.25) is 0 Å². The van der Waals surface area contributed by atoms with Crippen molar-refractivity contribution in [3.63, 3.8) is 0 Å². The van der Waals surface area contributed by atoms with Gasteiger partial charge >= 0.3 is 5.97 Å². The van der Waals surface area contributed by atoms with E-state index in [0.717, 1.165) is 18.4 Å². The normalized spacial score (nSPS) is 12.1. The number of carbonyl (C=O) groups excluding carboxylic acids is 1. The van der Waals surface area contributed by atoms with Gasteiger partial charge in [-0.1, -0.05) is 43.7 Å². The number of benzene rings is 1. The van der Waals surface area contributed by atoms with Crippen LogP contribution in [0.25, 0.3) is 0 Å². The molecule has 0 fully saturated rings. The third-order valence-corrected chi connectivity index (χ3v) is 3.27. The van der Waals surface area contributed by atoms with Crippen LogP contribution in [0.5, 0.6) is 0 Å². The molecule has 2 rings (SSSR count). The van der Waals surface area contributed by atoms with Gasteiger partial charge in [-0.25, -0.2) is 4.79 Å². The van der Waals surface area contributed by atoms with Crippen molar-refractivity contribution >= 4 is 5.97 Å². The van der Waals surface area contributed by atoms with Crippen LogP contribution < -0.4 is 0 Å². The number of ether oxygens (including phenoxy) is 2. The monoisotopic (exact) mass is 318 g/mol. The topological polar surface area (TPSA) is 68.9 Å². The molecule has 0 aliphatic heterocycles. The van der Waals surface area contributed by atoms with Gasteiger partial charge in [-0.15, -0.1) is 0 Å². The molecule has 1 N–H and O–H groups in total. The molecule has 0 saturated carbocycles. The van der Waals surface area contributed by atoms with Crippen LogP contribution in [-0.4, -0.2) is 17.7 Å². The molecular weight excluding hydrogens is 296 g/mol. The van der Waals surface area contributed by atoms with Crippen LogP contribution in [0, 0.1) is 0 Å². The number of rotatable bonds is 9. The first-order valence-corrected chi connectivity index (χ1v) is 7.75. The molecule has 1 unspecified atom stereocenters. The van der Waals surface area contributed by atoms with Gasteiger partial charge in [0.15, 0.2) is 0 Å². The zero-order valence-electron chi connectivity index (χ0n) is 13.2. The van der Waals surface area contributed by atoms with E-state index < -0.39 is 12.1 Å². The van der Waals surface area contributed by atoms with Crippen molar-refractivity contribution in [2.75, 3.05) is 6.61 Å². The van der Waals surface area contributed by atoms with E-state index in [4.69, 9.17) is 13.9 Å². The summed E-state index contributed by atoms with van der Waals surface area (Å²) in [5.74, 6) is 0.0331. The van der Waals surface area contributed by atoms with E-state index >= 15 is 0 Å². The maximum Gasteiger partial charge on any atom is 0.342 e. The van der Waals surface area contributed by atoms with Gasteiger partial charge in [-0.05, 0) is 24.1 Å². The maximum absolute atomic E-state index is 11.7. The Labute approximate surface area is 135 Å². The highest BCUT2D eigenvalue weighted by molar-refractivity contribution is 5.75. The highest BCUT2D eigenvalue weighted by atomic mass is 16.5. The molecule has 0 radical (unpaired) electrons. The predicted molar refractivity (Wildman–Crippen MR) is 84.5 cm³/mol. The summed E-state index contributed by atoms with van der Waals surface area (Å²) in [5, 5.41) is 9.90. The largest absolute Gasteiger partial charge is 0.463 e. The molecule has 5 heteroatoms. The maximum atomic E-state index is 11.7. The second-order valence-corrected chi connectivity index (χ2v) is 5.21. The Morgan fingerprint density at radius 1 is 1.17 bits per heavy atom. The summed E-state index contributed by atoms with van der Waals surface area (Å²) in [6.45, 7) is 3.05. The minimum absolute atomic E-state index is 0.171. The molecule has 0 saturated heterocycles. The molecule has 1 atom stereocenters. The molecule has 0 bridgehead atoms. The first-order valence-electron chi connectivity index (χ1n) is 7.75. The van der Waals surface area contributed by atoms with Crippen LogP contribution in [-0.2, 0) is 27.5 Å². The average Bonchev–Trinajstić information content (AvgIpc) is 3.04. The Bertz CT molecular complexity index is 590. The fourth-order valence-electron chi connectivity index (χ4n) is 1.97. The van der Waals surface area contributed by atoms with Crippen LogP contribution in [0.1, 0.15) is 43.0 Å². The van der Waals surface area contributed by atoms with Crippen LogP contribution >= 0.6 is 0 Å². The minimum Gasteiger partial charge on any atom is -0.463 e. The lowest BCUT2D eigenvalue weighted by Gasteiger charge is -2.08. The molecule has 23 heavy (non-hydrogen) atoms. The van der Waals surface area contributed by atoms with Crippen LogP contribution in [0.15, 0.2) is 46.9 Å². The molecule has 1 heterocycles. The smallest absolute Gasteiger partial charge is 0.342 e. The van der Waals surface area contributed by atoms with Gasteiger partial charge in [0.1, 0.15) is 18.1 Å². The Morgan fingerprint density at radius 2 is 1.96 bits per heavy atom. The van der Waals surface area contributed by atoms with Gasteiger partial charge in [0.05, 0.1) is 13.2 Å². The van der Waals surface area contributed by atoms with Crippen molar-refractivity contribution in [1.82, 2.24) is 0 Å². The van der Waals surface area contributed by atoms with Crippen molar-refractivity contribution < 1.29 is 23.8 Å². The first-order chi connectivity index (χ1) is 11.2. The SMILES string of the molecule is CCCCOC(=O)C(O)c1ccc(COCc2ccccc2)o1. The quantitative estimate of drug-likeness (QED) is 0.567. The molecule has 2 aromatic rings. The van der Waals surface area contributed by atoms with Gasteiger partial charge in [0.25, 0.3) is 0 Å².